The quantitative estimate of drug-likeness (QED) is 0.449. The Morgan fingerprint density at radius 3 is 2.30 bits per heavy atom. The predicted molar refractivity (Wildman–Crippen MR) is 156 cm³/mol. The van der Waals surface area contributed by atoms with Crippen molar-refractivity contribution in [2.45, 2.75) is 17.9 Å². The van der Waals surface area contributed by atoms with Gasteiger partial charge in [-0.1, -0.05) is 6.07 Å². The smallest absolute Gasteiger partial charge is 0.322 e. The minimum Gasteiger partial charge on any atom is -0.497 e. The number of amides is 2. The van der Waals surface area contributed by atoms with Gasteiger partial charge in [0.1, 0.15) is 11.5 Å². The average molecular weight is 566 g/mol. The molecule has 0 spiro atoms. The van der Waals surface area contributed by atoms with Gasteiger partial charge in [-0.2, -0.15) is 0 Å². The lowest BCUT2D eigenvalue weighted by Gasteiger charge is -2.38. The summed E-state index contributed by atoms with van der Waals surface area (Å²) >= 11 is 0. The van der Waals surface area contributed by atoms with E-state index in [0.29, 0.717) is 36.6 Å². The van der Waals surface area contributed by atoms with Gasteiger partial charge in [0, 0.05) is 67.8 Å². The highest BCUT2D eigenvalue weighted by Gasteiger charge is 2.28. The van der Waals surface area contributed by atoms with Gasteiger partial charge in [-0.3, -0.25) is 4.72 Å². The second kappa shape index (κ2) is 11.6. The standard InChI is InChI=1S/C29H35N5O5S/c1-32-15-17-33(18-16-32)27-11-12-28(39-3)25-13-14-34(20-26(25)27)29(35)30-21-7-9-24(10-8-21)40(36,37)31-22-5-4-6-23(19-22)38-2/h4-12,19,31H,13-18,20H2,1-3H3,(H,30,35). The van der Waals surface area contributed by atoms with E-state index in [1.165, 1.54) is 19.2 Å². The van der Waals surface area contributed by atoms with E-state index < -0.39 is 10.0 Å². The molecule has 3 aromatic carbocycles. The number of benzene rings is 3. The highest BCUT2D eigenvalue weighted by atomic mass is 32.2. The molecule has 2 amide bonds. The zero-order chi connectivity index (χ0) is 28.3. The van der Waals surface area contributed by atoms with Crippen LogP contribution >= 0.6 is 0 Å². The SMILES string of the molecule is COc1cccc(NS(=O)(=O)c2ccc(NC(=O)N3CCc4c(OC)ccc(N5CCN(C)CC5)c4C3)cc2)c1. The molecule has 212 valence electrons. The largest absolute Gasteiger partial charge is 0.497 e. The summed E-state index contributed by atoms with van der Waals surface area (Å²) < 4.78 is 39.1. The fourth-order valence-corrected chi connectivity index (χ4v) is 6.20. The van der Waals surface area contributed by atoms with Gasteiger partial charge in [0.15, 0.2) is 0 Å². The van der Waals surface area contributed by atoms with Crippen LogP contribution in [-0.2, 0) is 23.0 Å². The van der Waals surface area contributed by atoms with Gasteiger partial charge < -0.3 is 29.5 Å². The summed E-state index contributed by atoms with van der Waals surface area (Å²) in [5, 5.41) is 2.92. The molecule has 0 saturated carbocycles. The lowest BCUT2D eigenvalue weighted by atomic mass is 9.96. The second-order valence-corrected chi connectivity index (χ2v) is 11.7. The van der Waals surface area contributed by atoms with Gasteiger partial charge in [0.25, 0.3) is 10.0 Å². The van der Waals surface area contributed by atoms with E-state index in [9.17, 15) is 13.2 Å². The van der Waals surface area contributed by atoms with Gasteiger partial charge >= 0.3 is 6.03 Å². The molecule has 2 heterocycles. The van der Waals surface area contributed by atoms with Crippen molar-refractivity contribution < 1.29 is 22.7 Å². The van der Waals surface area contributed by atoms with Gasteiger partial charge in [0.05, 0.1) is 24.8 Å². The maximum atomic E-state index is 13.3. The van der Waals surface area contributed by atoms with Crippen LogP contribution in [0.15, 0.2) is 65.6 Å². The minimum absolute atomic E-state index is 0.0872. The van der Waals surface area contributed by atoms with E-state index in [2.05, 4.69) is 33.0 Å². The van der Waals surface area contributed by atoms with Gasteiger partial charge in [-0.25, -0.2) is 13.2 Å². The number of methoxy groups -OCH3 is 2. The Bertz CT molecular complexity index is 1470. The van der Waals surface area contributed by atoms with Crippen molar-refractivity contribution in [3.63, 3.8) is 0 Å². The third-order valence-electron chi connectivity index (χ3n) is 7.43. The van der Waals surface area contributed by atoms with Crippen LogP contribution < -0.4 is 24.4 Å². The first kappa shape index (κ1) is 27.6. The topological polar surface area (TPSA) is 103 Å². The molecular weight excluding hydrogens is 530 g/mol. The Morgan fingerprint density at radius 1 is 0.850 bits per heavy atom. The van der Waals surface area contributed by atoms with E-state index in [0.717, 1.165) is 48.7 Å². The summed E-state index contributed by atoms with van der Waals surface area (Å²) in [6.45, 7) is 4.87. The minimum atomic E-state index is -3.81. The van der Waals surface area contributed by atoms with Crippen molar-refractivity contribution in [3.8, 4) is 11.5 Å². The molecular formula is C29H35N5O5S. The monoisotopic (exact) mass is 565 g/mol. The molecule has 11 heteroatoms. The number of sulfonamides is 1. The number of hydrogen-bond donors (Lipinski definition) is 2. The van der Waals surface area contributed by atoms with Gasteiger partial charge in [-0.05, 0) is 62.0 Å². The number of nitrogens with one attached hydrogen (secondary N) is 2. The first-order valence-electron chi connectivity index (χ1n) is 13.2. The Hall–Kier alpha value is -3.96. The number of urea groups is 1. The molecule has 40 heavy (non-hydrogen) atoms. The molecule has 2 N–H and O–H groups in total. The zero-order valence-corrected chi connectivity index (χ0v) is 23.8. The number of carbonyl (C=O) groups excluding carboxylic acids is 1. The van der Waals surface area contributed by atoms with Crippen LogP contribution in [0.3, 0.4) is 0 Å². The van der Waals surface area contributed by atoms with Crippen LogP contribution in [0.2, 0.25) is 0 Å². The lowest BCUT2D eigenvalue weighted by Crippen LogP contribution is -2.46. The van der Waals surface area contributed by atoms with Crippen molar-refractivity contribution in [1.82, 2.24) is 9.80 Å². The van der Waals surface area contributed by atoms with E-state index in [1.54, 1.807) is 48.4 Å². The Morgan fingerprint density at radius 2 is 1.60 bits per heavy atom. The summed E-state index contributed by atoms with van der Waals surface area (Å²) in [5.74, 6) is 1.40. The first-order valence-corrected chi connectivity index (χ1v) is 14.7. The third-order valence-corrected chi connectivity index (χ3v) is 8.83. The summed E-state index contributed by atoms with van der Waals surface area (Å²) in [6.07, 6.45) is 0.695. The van der Waals surface area contributed by atoms with Gasteiger partial charge in [0.2, 0.25) is 0 Å². The second-order valence-electron chi connectivity index (χ2n) is 10.00. The van der Waals surface area contributed by atoms with Crippen molar-refractivity contribution >= 4 is 33.1 Å². The van der Waals surface area contributed by atoms with Crippen LogP contribution in [0.4, 0.5) is 21.9 Å². The molecule has 0 bridgehead atoms. The maximum absolute atomic E-state index is 13.3. The number of rotatable bonds is 7. The van der Waals surface area contributed by atoms with Crippen LogP contribution in [0.5, 0.6) is 11.5 Å². The Kier molecular flexibility index (Phi) is 8.04. The van der Waals surface area contributed by atoms with Crippen molar-refractivity contribution in [2.75, 3.05) is 68.9 Å². The predicted octanol–water partition coefficient (Wildman–Crippen LogP) is 3.85. The van der Waals surface area contributed by atoms with Gasteiger partial charge in [-0.15, -0.1) is 0 Å². The Balaban J connectivity index is 1.28. The zero-order valence-electron chi connectivity index (χ0n) is 23.0. The van der Waals surface area contributed by atoms with Crippen molar-refractivity contribution in [3.05, 3.63) is 71.8 Å². The molecule has 2 aliphatic heterocycles. The average Bonchev–Trinajstić information content (AvgIpc) is 2.97. The molecule has 0 radical (unpaired) electrons. The summed E-state index contributed by atoms with van der Waals surface area (Å²) in [5.41, 5.74) is 4.34. The molecule has 0 aliphatic carbocycles. The number of fused-ring (bicyclic) bond motifs is 1. The maximum Gasteiger partial charge on any atom is 0.322 e. The molecule has 0 unspecified atom stereocenters. The summed E-state index contributed by atoms with van der Waals surface area (Å²) in [7, 11) is 1.52. The third kappa shape index (κ3) is 5.95. The van der Waals surface area contributed by atoms with Crippen molar-refractivity contribution in [1.29, 1.82) is 0 Å². The van der Waals surface area contributed by atoms with Crippen LogP contribution in [0, 0.1) is 0 Å². The van der Waals surface area contributed by atoms with Crippen LogP contribution in [0.25, 0.3) is 0 Å². The Labute approximate surface area is 235 Å². The van der Waals surface area contributed by atoms with Crippen LogP contribution in [0.1, 0.15) is 11.1 Å². The van der Waals surface area contributed by atoms with E-state index in [1.807, 2.05) is 6.07 Å². The molecule has 3 aromatic rings. The van der Waals surface area contributed by atoms with Crippen molar-refractivity contribution in [2.24, 2.45) is 0 Å². The molecule has 0 aromatic heterocycles. The van der Waals surface area contributed by atoms with E-state index in [-0.39, 0.29) is 10.9 Å². The van der Waals surface area contributed by atoms with Crippen LogP contribution in [-0.4, -0.2) is 78.2 Å². The number of nitrogens with zero attached hydrogens (tertiary/aromatic N) is 3. The number of ether oxygens (including phenoxy) is 2. The molecule has 1 saturated heterocycles. The number of piperazine rings is 1. The highest BCUT2D eigenvalue weighted by Crippen LogP contribution is 2.36. The summed E-state index contributed by atoms with van der Waals surface area (Å²) in [6, 6.07) is 16.7. The normalized spacial score (nSPS) is 15.8. The molecule has 2 aliphatic rings. The number of anilines is 3. The number of carbonyl (C=O) groups is 1. The molecule has 0 atom stereocenters. The first-order chi connectivity index (χ1) is 19.3. The fourth-order valence-electron chi connectivity index (χ4n) is 5.16. The molecule has 10 nitrogen and oxygen atoms in total. The lowest BCUT2D eigenvalue weighted by molar-refractivity contribution is 0.206. The fraction of sp³-hybridized carbons (Fsp3) is 0.345. The van der Waals surface area contributed by atoms with E-state index >= 15 is 0 Å². The van der Waals surface area contributed by atoms with E-state index in [4.69, 9.17) is 9.47 Å². The molecule has 5 rings (SSSR count). The highest BCUT2D eigenvalue weighted by molar-refractivity contribution is 7.92. The summed E-state index contributed by atoms with van der Waals surface area (Å²) in [4.78, 5) is 19.8. The molecule has 1 fully saturated rings. The number of likely N-dealkylation sites (N-methyl/N-ethyl adjacent to an activating group) is 1. The number of hydrogen-bond acceptors (Lipinski definition) is 7.